The number of anilines is 3. The standard InChI is InChI=1S/C32H23N5/c1-2-12-26(13-3-1)37(31-18-8-16-29(33-31)35-22-20-24-10-4-6-14-27(24)35)32-19-9-17-30(34-32)36-23-21-25-11-5-7-15-28(25)36/h1-23H. The molecule has 0 fully saturated rings. The normalized spacial score (nSPS) is 11.2. The number of fused-ring (bicyclic) bond motifs is 2. The smallest absolute Gasteiger partial charge is 0.141 e. The minimum Gasteiger partial charge on any atom is -0.301 e. The monoisotopic (exact) mass is 477 g/mol. The van der Waals surface area contributed by atoms with Crippen LogP contribution in [-0.4, -0.2) is 19.1 Å². The van der Waals surface area contributed by atoms with Crippen LogP contribution in [0.2, 0.25) is 0 Å². The molecule has 0 N–H and O–H groups in total. The van der Waals surface area contributed by atoms with E-state index < -0.39 is 0 Å². The largest absolute Gasteiger partial charge is 0.301 e. The van der Waals surface area contributed by atoms with Crippen LogP contribution in [0.25, 0.3) is 33.4 Å². The lowest BCUT2D eigenvalue weighted by atomic mass is 10.2. The summed E-state index contributed by atoms with van der Waals surface area (Å²) in [7, 11) is 0. The average molecular weight is 478 g/mol. The molecule has 7 rings (SSSR count). The fourth-order valence-electron chi connectivity index (χ4n) is 4.87. The van der Waals surface area contributed by atoms with E-state index in [1.54, 1.807) is 0 Å². The zero-order valence-corrected chi connectivity index (χ0v) is 20.0. The minimum absolute atomic E-state index is 0.795. The summed E-state index contributed by atoms with van der Waals surface area (Å²) in [6.07, 6.45) is 4.14. The first-order valence-corrected chi connectivity index (χ1v) is 12.3. The van der Waals surface area contributed by atoms with Crippen LogP contribution in [0.3, 0.4) is 0 Å². The Morgan fingerprint density at radius 1 is 0.432 bits per heavy atom. The van der Waals surface area contributed by atoms with E-state index in [9.17, 15) is 0 Å². The molecule has 0 aliphatic rings. The number of hydrogen-bond donors (Lipinski definition) is 0. The summed E-state index contributed by atoms with van der Waals surface area (Å²) in [6, 6.07) is 43.4. The highest BCUT2D eigenvalue weighted by Gasteiger charge is 2.17. The number of benzene rings is 3. The average Bonchev–Trinajstić information content (AvgIpc) is 3.59. The van der Waals surface area contributed by atoms with Gasteiger partial charge in [0.2, 0.25) is 0 Å². The van der Waals surface area contributed by atoms with Crippen molar-refractivity contribution in [3.63, 3.8) is 0 Å². The molecule has 4 heterocycles. The predicted octanol–water partition coefficient (Wildman–Crippen LogP) is 7.83. The second-order valence-corrected chi connectivity index (χ2v) is 8.87. The van der Waals surface area contributed by atoms with Gasteiger partial charge in [0.25, 0.3) is 0 Å². The topological polar surface area (TPSA) is 38.9 Å². The third-order valence-corrected chi connectivity index (χ3v) is 6.60. The van der Waals surface area contributed by atoms with Crippen molar-refractivity contribution in [2.75, 3.05) is 4.90 Å². The summed E-state index contributed by atoms with van der Waals surface area (Å²) in [5, 5.41) is 2.37. The second-order valence-electron chi connectivity index (χ2n) is 8.87. The van der Waals surface area contributed by atoms with Crippen LogP contribution in [0.15, 0.2) is 140 Å². The molecule has 0 saturated heterocycles. The highest BCUT2D eigenvalue weighted by atomic mass is 15.3. The van der Waals surface area contributed by atoms with E-state index in [1.807, 2.05) is 54.6 Å². The molecule has 5 heteroatoms. The van der Waals surface area contributed by atoms with Crippen molar-refractivity contribution in [1.29, 1.82) is 0 Å². The molecular formula is C32H23N5. The Kier molecular flexibility index (Phi) is 5.03. The third-order valence-electron chi connectivity index (χ3n) is 6.60. The SMILES string of the molecule is c1ccc(N(c2cccc(-n3ccc4ccccc43)n2)c2cccc(-n3ccc4ccccc43)n2)cc1. The van der Waals surface area contributed by atoms with Crippen LogP contribution in [0.4, 0.5) is 17.3 Å². The molecule has 0 amide bonds. The van der Waals surface area contributed by atoms with E-state index in [2.05, 4.69) is 99.2 Å². The molecule has 37 heavy (non-hydrogen) atoms. The first-order chi connectivity index (χ1) is 18.3. The quantitative estimate of drug-likeness (QED) is 0.254. The number of aromatic nitrogens is 4. The highest BCUT2D eigenvalue weighted by molar-refractivity contribution is 5.83. The predicted molar refractivity (Wildman–Crippen MR) is 150 cm³/mol. The van der Waals surface area contributed by atoms with Gasteiger partial charge in [0.05, 0.1) is 11.0 Å². The Balaban J connectivity index is 1.37. The van der Waals surface area contributed by atoms with Crippen LogP contribution in [0.1, 0.15) is 0 Å². The second kappa shape index (κ2) is 8.81. The molecular weight excluding hydrogens is 454 g/mol. The molecule has 0 saturated carbocycles. The van der Waals surface area contributed by atoms with Crippen LogP contribution in [0, 0.1) is 0 Å². The van der Waals surface area contributed by atoms with Crippen LogP contribution >= 0.6 is 0 Å². The number of nitrogens with zero attached hydrogens (tertiary/aromatic N) is 5. The van der Waals surface area contributed by atoms with Gasteiger partial charge in [0.15, 0.2) is 0 Å². The lowest BCUT2D eigenvalue weighted by Gasteiger charge is -2.24. The van der Waals surface area contributed by atoms with Crippen molar-refractivity contribution in [2.24, 2.45) is 0 Å². The summed E-state index contributed by atoms with van der Waals surface area (Å²) >= 11 is 0. The number of pyridine rings is 2. The van der Waals surface area contributed by atoms with E-state index in [1.165, 1.54) is 10.8 Å². The summed E-state index contributed by atoms with van der Waals surface area (Å²) < 4.78 is 4.25. The Morgan fingerprint density at radius 3 is 1.46 bits per heavy atom. The third kappa shape index (κ3) is 3.74. The van der Waals surface area contributed by atoms with E-state index in [0.717, 1.165) is 40.0 Å². The molecule has 0 aliphatic carbocycles. The van der Waals surface area contributed by atoms with Gasteiger partial charge >= 0.3 is 0 Å². The molecule has 0 aliphatic heterocycles. The van der Waals surface area contributed by atoms with Crippen molar-refractivity contribution < 1.29 is 0 Å². The van der Waals surface area contributed by atoms with E-state index >= 15 is 0 Å². The van der Waals surface area contributed by atoms with Gasteiger partial charge in [0.1, 0.15) is 23.3 Å². The lowest BCUT2D eigenvalue weighted by Crippen LogP contribution is -2.14. The number of hydrogen-bond acceptors (Lipinski definition) is 3. The molecule has 4 aromatic heterocycles. The van der Waals surface area contributed by atoms with Gasteiger partial charge in [-0.05, 0) is 71.4 Å². The Hall–Kier alpha value is -5.16. The summed E-state index contributed by atoms with van der Waals surface area (Å²) in [4.78, 5) is 12.3. The fraction of sp³-hybridized carbons (Fsp3) is 0. The lowest BCUT2D eigenvalue weighted by molar-refractivity contribution is 1.00. The molecule has 0 unspecified atom stereocenters. The fourth-order valence-corrected chi connectivity index (χ4v) is 4.87. The summed E-state index contributed by atoms with van der Waals surface area (Å²) in [5.41, 5.74) is 3.24. The van der Waals surface area contributed by atoms with E-state index in [0.29, 0.717) is 0 Å². The Labute approximate surface area is 214 Å². The van der Waals surface area contributed by atoms with Crippen molar-refractivity contribution in [3.05, 3.63) is 140 Å². The highest BCUT2D eigenvalue weighted by Crippen LogP contribution is 2.33. The molecule has 7 aromatic rings. The molecule has 0 atom stereocenters. The van der Waals surface area contributed by atoms with E-state index in [4.69, 9.17) is 9.97 Å². The van der Waals surface area contributed by atoms with Gasteiger partial charge in [0, 0.05) is 18.1 Å². The zero-order chi connectivity index (χ0) is 24.6. The number of para-hydroxylation sites is 3. The van der Waals surface area contributed by atoms with Crippen molar-refractivity contribution in [3.8, 4) is 11.6 Å². The van der Waals surface area contributed by atoms with Gasteiger partial charge in [-0.25, -0.2) is 9.97 Å². The first-order valence-electron chi connectivity index (χ1n) is 12.3. The maximum Gasteiger partial charge on any atom is 0.141 e. The van der Waals surface area contributed by atoms with Gasteiger partial charge < -0.3 is 9.13 Å². The van der Waals surface area contributed by atoms with Crippen LogP contribution in [-0.2, 0) is 0 Å². The Bertz CT molecular complexity index is 1730. The van der Waals surface area contributed by atoms with Gasteiger partial charge in [-0.3, -0.25) is 4.90 Å². The maximum absolute atomic E-state index is 5.10. The number of rotatable bonds is 5. The maximum atomic E-state index is 5.10. The molecule has 0 bridgehead atoms. The van der Waals surface area contributed by atoms with Gasteiger partial charge in [-0.15, -0.1) is 0 Å². The molecule has 5 nitrogen and oxygen atoms in total. The first kappa shape index (κ1) is 21.1. The van der Waals surface area contributed by atoms with Gasteiger partial charge in [-0.2, -0.15) is 0 Å². The summed E-state index contributed by atoms with van der Waals surface area (Å²) in [5.74, 6) is 3.30. The van der Waals surface area contributed by atoms with Crippen molar-refractivity contribution in [2.45, 2.75) is 0 Å². The van der Waals surface area contributed by atoms with Crippen molar-refractivity contribution in [1.82, 2.24) is 19.1 Å². The molecule has 0 radical (unpaired) electrons. The summed E-state index contributed by atoms with van der Waals surface area (Å²) in [6.45, 7) is 0. The minimum atomic E-state index is 0.795. The molecule has 176 valence electrons. The zero-order valence-electron chi connectivity index (χ0n) is 20.0. The van der Waals surface area contributed by atoms with Crippen LogP contribution < -0.4 is 4.90 Å². The van der Waals surface area contributed by atoms with Crippen molar-refractivity contribution >= 4 is 39.1 Å². The molecule has 3 aromatic carbocycles. The van der Waals surface area contributed by atoms with Gasteiger partial charge in [-0.1, -0.05) is 66.7 Å². The molecule has 0 spiro atoms. The van der Waals surface area contributed by atoms with Crippen LogP contribution in [0.5, 0.6) is 0 Å². The van der Waals surface area contributed by atoms with E-state index in [-0.39, 0.29) is 0 Å². The Morgan fingerprint density at radius 2 is 0.919 bits per heavy atom.